The van der Waals surface area contributed by atoms with E-state index < -0.39 is 0 Å². The lowest BCUT2D eigenvalue weighted by Gasteiger charge is -2.25. The highest BCUT2D eigenvalue weighted by atomic mass is 16.2. The van der Waals surface area contributed by atoms with Crippen LogP contribution in [-0.4, -0.2) is 27.3 Å². The molecule has 0 saturated carbocycles. The van der Waals surface area contributed by atoms with Crippen LogP contribution in [-0.2, 0) is 0 Å². The van der Waals surface area contributed by atoms with Gasteiger partial charge in [-0.1, -0.05) is 24.3 Å². The van der Waals surface area contributed by atoms with Gasteiger partial charge in [-0.2, -0.15) is 0 Å². The third-order valence-corrected chi connectivity index (χ3v) is 4.56. The molecule has 2 aromatic heterocycles. The summed E-state index contributed by atoms with van der Waals surface area (Å²) in [6, 6.07) is 12.7. The number of likely N-dealkylation sites (tertiary alicyclic amines) is 1. The van der Waals surface area contributed by atoms with Crippen LogP contribution in [0.25, 0.3) is 10.9 Å². The Labute approximate surface area is 139 Å². The van der Waals surface area contributed by atoms with Crippen LogP contribution in [0.4, 0.5) is 0 Å². The second-order valence-corrected chi connectivity index (χ2v) is 6.04. The summed E-state index contributed by atoms with van der Waals surface area (Å²) in [5.41, 5.74) is 1.93. The first-order valence-electron chi connectivity index (χ1n) is 8.07. The van der Waals surface area contributed by atoms with Crippen molar-refractivity contribution in [2.24, 2.45) is 0 Å². The van der Waals surface area contributed by atoms with Gasteiger partial charge in [-0.15, -0.1) is 0 Å². The molecule has 5 heteroatoms. The maximum absolute atomic E-state index is 13.1. The van der Waals surface area contributed by atoms with Crippen LogP contribution in [0.15, 0.2) is 59.7 Å². The molecular formula is C19H17N3O2. The second kappa shape index (κ2) is 5.92. The van der Waals surface area contributed by atoms with Crippen LogP contribution in [0.3, 0.4) is 0 Å². The lowest BCUT2D eigenvalue weighted by Crippen LogP contribution is -2.31. The number of aromatic amines is 1. The minimum Gasteiger partial charge on any atom is -0.332 e. The molecule has 1 fully saturated rings. The van der Waals surface area contributed by atoms with Gasteiger partial charge in [0.2, 0.25) is 5.56 Å². The summed E-state index contributed by atoms with van der Waals surface area (Å²) in [5.74, 6) is -0.0938. The summed E-state index contributed by atoms with van der Waals surface area (Å²) in [4.78, 5) is 33.9. The lowest BCUT2D eigenvalue weighted by molar-refractivity contribution is 0.0737. The highest BCUT2D eigenvalue weighted by Crippen LogP contribution is 2.33. The van der Waals surface area contributed by atoms with Gasteiger partial charge in [-0.3, -0.25) is 14.6 Å². The van der Waals surface area contributed by atoms with Gasteiger partial charge in [0.15, 0.2) is 0 Å². The Kier molecular flexibility index (Phi) is 3.61. The molecule has 0 bridgehead atoms. The first kappa shape index (κ1) is 14.6. The molecule has 1 saturated heterocycles. The van der Waals surface area contributed by atoms with Gasteiger partial charge in [-0.25, -0.2) is 0 Å². The standard InChI is InChI=1S/C19H17N3O2/c23-18-11-15(14-6-1-2-7-16(14)21-18)19(24)22-10-4-8-17(22)13-5-3-9-20-12-13/h1-3,5-7,9,11-12,17H,4,8,10H2,(H,21,23)/t17-/m1/s1. The molecule has 1 aromatic carbocycles. The average Bonchev–Trinajstić information content (AvgIpc) is 3.11. The number of hydrogen-bond donors (Lipinski definition) is 1. The summed E-state index contributed by atoms with van der Waals surface area (Å²) in [5, 5.41) is 0.777. The van der Waals surface area contributed by atoms with E-state index in [2.05, 4.69) is 9.97 Å². The highest BCUT2D eigenvalue weighted by molar-refractivity contribution is 6.06. The smallest absolute Gasteiger partial charge is 0.255 e. The Morgan fingerprint density at radius 1 is 1.21 bits per heavy atom. The van der Waals surface area contributed by atoms with Gasteiger partial charge in [0.25, 0.3) is 5.91 Å². The zero-order chi connectivity index (χ0) is 16.5. The van der Waals surface area contributed by atoms with E-state index in [-0.39, 0.29) is 17.5 Å². The monoisotopic (exact) mass is 319 g/mol. The summed E-state index contributed by atoms with van der Waals surface area (Å²) < 4.78 is 0. The van der Waals surface area contributed by atoms with Crippen LogP contribution < -0.4 is 5.56 Å². The van der Waals surface area contributed by atoms with Crippen LogP contribution in [0.2, 0.25) is 0 Å². The first-order chi connectivity index (χ1) is 11.7. The molecule has 5 nitrogen and oxygen atoms in total. The molecule has 24 heavy (non-hydrogen) atoms. The fourth-order valence-electron chi connectivity index (χ4n) is 3.47. The molecule has 1 N–H and O–H groups in total. The van der Waals surface area contributed by atoms with Crippen LogP contribution in [0, 0.1) is 0 Å². The van der Waals surface area contributed by atoms with Gasteiger partial charge >= 0.3 is 0 Å². The molecule has 1 aliphatic heterocycles. The van der Waals surface area contributed by atoms with E-state index in [9.17, 15) is 9.59 Å². The van der Waals surface area contributed by atoms with E-state index in [1.165, 1.54) is 6.07 Å². The van der Waals surface area contributed by atoms with E-state index >= 15 is 0 Å². The number of amides is 1. The van der Waals surface area contributed by atoms with Crippen molar-refractivity contribution in [3.63, 3.8) is 0 Å². The quantitative estimate of drug-likeness (QED) is 0.790. The van der Waals surface area contributed by atoms with Gasteiger partial charge in [0.05, 0.1) is 11.6 Å². The molecule has 1 aliphatic rings. The Balaban J connectivity index is 1.77. The molecule has 4 rings (SSSR count). The predicted molar refractivity (Wildman–Crippen MR) is 91.8 cm³/mol. The third-order valence-electron chi connectivity index (χ3n) is 4.56. The van der Waals surface area contributed by atoms with Crippen LogP contribution in [0.1, 0.15) is 34.8 Å². The number of nitrogens with one attached hydrogen (secondary N) is 1. The van der Waals surface area contributed by atoms with Gasteiger partial charge < -0.3 is 9.88 Å². The maximum atomic E-state index is 13.1. The number of benzene rings is 1. The number of hydrogen-bond acceptors (Lipinski definition) is 3. The molecule has 0 aliphatic carbocycles. The van der Waals surface area contributed by atoms with E-state index in [0.717, 1.165) is 23.8 Å². The lowest BCUT2D eigenvalue weighted by atomic mass is 10.0. The summed E-state index contributed by atoms with van der Waals surface area (Å²) in [6.07, 6.45) is 5.41. The number of rotatable bonds is 2. The maximum Gasteiger partial charge on any atom is 0.255 e. The summed E-state index contributed by atoms with van der Waals surface area (Å²) >= 11 is 0. The van der Waals surface area contributed by atoms with E-state index in [1.807, 2.05) is 47.5 Å². The van der Waals surface area contributed by atoms with Crippen LogP contribution >= 0.6 is 0 Å². The molecule has 3 aromatic rings. The molecule has 0 unspecified atom stereocenters. The van der Waals surface area contributed by atoms with Gasteiger partial charge in [0.1, 0.15) is 0 Å². The second-order valence-electron chi connectivity index (χ2n) is 6.04. The molecule has 0 spiro atoms. The van der Waals surface area contributed by atoms with Crippen molar-refractivity contribution < 1.29 is 4.79 Å². The van der Waals surface area contributed by atoms with Crippen molar-refractivity contribution in [2.45, 2.75) is 18.9 Å². The minimum absolute atomic E-state index is 0.0178. The fraction of sp³-hybridized carbons (Fsp3) is 0.211. The fourth-order valence-corrected chi connectivity index (χ4v) is 3.47. The van der Waals surface area contributed by atoms with Crippen molar-refractivity contribution in [3.8, 4) is 0 Å². The Morgan fingerprint density at radius 2 is 2.08 bits per heavy atom. The topological polar surface area (TPSA) is 66.1 Å². The number of fused-ring (bicyclic) bond motifs is 1. The number of para-hydroxylation sites is 1. The van der Waals surface area contributed by atoms with Gasteiger partial charge in [0, 0.05) is 35.9 Å². The Morgan fingerprint density at radius 3 is 2.92 bits per heavy atom. The van der Waals surface area contributed by atoms with Gasteiger partial charge in [-0.05, 0) is 30.5 Å². The largest absolute Gasteiger partial charge is 0.332 e. The van der Waals surface area contributed by atoms with Crippen molar-refractivity contribution in [1.29, 1.82) is 0 Å². The summed E-state index contributed by atoms with van der Waals surface area (Å²) in [7, 11) is 0. The zero-order valence-corrected chi connectivity index (χ0v) is 13.1. The van der Waals surface area contributed by atoms with Crippen molar-refractivity contribution >= 4 is 16.8 Å². The first-order valence-corrected chi connectivity index (χ1v) is 8.07. The number of pyridine rings is 2. The SMILES string of the molecule is O=C(c1cc(=O)[nH]c2ccccc12)N1CCC[C@@H]1c1cccnc1. The zero-order valence-electron chi connectivity index (χ0n) is 13.1. The third kappa shape index (κ3) is 2.48. The predicted octanol–water partition coefficient (Wildman–Crippen LogP) is 2.90. The normalized spacial score (nSPS) is 17.3. The minimum atomic E-state index is -0.255. The van der Waals surface area contributed by atoms with E-state index in [4.69, 9.17) is 0 Å². The van der Waals surface area contributed by atoms with E-state index in [1.54, 1.807) is 6.20 Å². The number of carbonyl (C=O) groups excluding carboxylic acids is 1. The number of H-pyrrole nitrogens is 1. The molecular weight excluding hydrogens is 302 g/mol. The number of nitrogens with zero attached hydrogens (tertiary/aromatic N) is 2. The van der Waals surface area contributed by atoms with Crippen molar-refractivity contribution in [3.05, 3.63) is 76.3 Å². The Bertz CT molecular complexity index is 949. The Hall–Kier alpha value is -2.95. The molecule has 120 valence electrons. The molecule has 3 heterocycles. The molecule has 1 atom stereocenters. The van der Waals surface area contributed by atoms with Crippen LogP contribution in [0.5, 0.6) is 0 Å². The number of aromatic nitrogens is 2. The highest BCUT2D eigenvalue weighted by Gasteiger charge is 2.31. The summed E-state index contributed by atoms with van der Waals surface area (Å²) in [6.45, 7) is 0.694. The van der Waals surface area contributed by atoms with Crippen molar-refractivity contribution in [2.75, 3.05) is 6.54 Å². The number of carbonyl (C=O) groups is 1. The molecule has 1 amide bonds. The van der Waals surface area contributed by atoms with Crippen molar-refractivity contribution in [1.82, 2.24) is 14.9 Å². The molecule has 0 radical (unpaired) electrons. The average molecular weight is 319 g/mol. The van der Waals surface area contributed by atoms with E-state index in [0.29, 0.717) is 17.6 Å².